The highest BCUT2D eigenvalue weighted by atomic mass is 32.1. The Hall–Kier alpha value is -3.72. The molecule has 158 valence electrons. The van der Waals surface area contributed by atoms with Gasteiger partial charge in [0.2, 0.25) is 5.82 Å². The predicted octanol–water partition coefficient (Wildman–Crippen LogP) is 4.54. The third kappa shape index (κ3) is 4.56. The lowest BCUT2D eigenvalue weighted by Crippen LogP contribution is -2.05. The van der Waals surface area contributed by atoms with E-state index in [1.54, 1.807) is 37.8 Å². The minimum absolute atomic E-state index is 0.162. The second-order valence-electron chi connectivity index (χ2n) is 6.56. The van der Waals surface area contributed by atoms with E-state index in [1.807, 2.05) is 31.2 Å². The number of esters is 1. The molecule has 0 atom stereocenters. The van der Waals surface area contributed by atoms with Gasteiger partial charge in [-0.2, -0.15) is 4.98 Å². The molecule has 2 aromatic heterocycles. The zero-order valence-corrected chi connectivity index (χ0v) is 17.9. The summed E-state index contributed by atoms with van der Waals surface area (Å²) in [5.74, 6) is 1.11. The highest BCUT2D eigenvalue weighted by Crippen LogP contribution is 2.31. The Morgan fingerprint density at radius 3 is 2.61 bits per heavy atom. The summed E-state index contributed by atoms with van der Waals surface area (Å²) in [6, 6.07) is 13.2. The first kappa shape index (κ1) is 20.5. The summed E-state index contributed by atoms with van der Waals surface area (Å²) < 4.78 is 21.0. The summed E-state index contributed by atoms with van der Waals surface area (Å²) in [4.78, 5) is 21.0. The SMILES string of the molecule is COc1ccc(-c2noc(COC(=O)c3csc(-c4ccc(C)cc4)n3)n2)c(OC)c1. The number of carbonyl (C=O) groups is 1. The number of ether oxygens (including phenoxy) is 3. The van der Waals surface area contributed by atoms with Gasteiger partial charge in [0.15, 0.2) is 12.3 Å². The minimum Gasteiger partial charge on any atom is -0.497 e. The summed E-state index contributed by atoms with van der Waals surface area (Å²) in [6.07, 6.45) is 0. The number of hydrogen-bond acceptors (Lipinski definition) is 9. The molecule has 0 aliphatic carbocycles. The van der Waals surface area contributed by atoms with Crippen molar-refractivity contribution in [2.75, 3.05) is 14.2 Å². The lowest BCUT2D eigenvalue weighted by Gasteiger charge is -2.07. The summed E-state index contributed by atoms with van der Waals surface area (Å²) in [5, 5.41) is 6.35. The Balaban J connectivity index is 1.42. The Labute approximate surface area is 182 Å². The molecule has 9 heteroatoms. The van der Waals surface area contributed by atoms with Gasteiger partial charge in [-0.25, -0.2) is 9.78 Å². The third-order valence-corrected chi connectivity index (χ3v) is 5.35. The van der Waals surface area contributed by atoms with Crippen LogP contribution in [0, 0.1) is 6.92 Å². The molecule has 0 fully saturated rings. The van der Waals surface area contributed by atoms with Crippen LogP contribution >= 0.6 is 11.3 Å². The lowest BCUT2D eigenvalue weighted by atomic mass is 10.2. The summed E-state index contributed by atoms with van der Waals surface area (Å²) in [6.45, 7) is 1.85. The van der Waals surface area contributed by atoms with Crippen LogP contribution in [0.1, 0.15) is 21.9 Å². The van der Waals surface area contributed by atoms with Crippen LogP contribution in [0.25, 0.3) is 22.0 Å². The molecule has 2 aromatic carbocycles. The van der Waals surface area contributed by atoms with Crippen molar-refractivity contribution in [2.24, 2.45) is 0 Å². The molecule has 0 aliphatic heterocycles. The van der Waals surface area contributed by atoms with Crippen molar-refractivity contribution in [1.29, 1.82) is 0 Å². The van der Waals surface area contributed by atoms with E-state index < -0.39 is 5.97 Å². The number of hydrogen-bond donors (Lipinski definition) is 0. The predicted molar refractivity (Wildman–Crippen MR) is 114 cm³/mol. The maximum atomic E-state index is 12.4. The molecule has 0 amide bonds. The molecule has 0 unspecified atom stereocenters. The quantitative estimate of drug-likeness (QED) is 0.389. The van der Waals surface area contributed by atoms with Crippen molar-refractivity contribution in [2.45, 2.75) is 13.5 Å². The number of benzene rings is 2. The van der Waals surface area contributed by atoms with Gasteiger partial charge < -0.3 is 18.7 Å². The number of carbonyl (C=O) groups excluding carboxylic acids is 1. The van der Waals surface area contributed by atoms with Crippen LogP contribution in [0.3, 0.4) is 0 Å². The van der Waals surface area contributed by atoms with Gasteiger partial charge in [0.25, 0.3) is 5.89 Å². The van der Waals surface area contributed by atoms with E-state index in [2.05, 4.69) is 15.1 Å². The van der Waals surface area contributed by atoms with Crippen molar-refractivity contribution in [3.05, 3.63) is 65.0 Å². The summed E-state index contributed by atoms with van der Waals surface area (Å²) in [7, 11) is 3.11. The molecule has 8 nitrogen and oxygen atoms in total. The smallest absolute Gasteiger partial charge is 0.358 e. The van der Waals surface area contributed by atoms with Crippen LogP contribution in [-0.2, 0) is 11.3 Å². The Morgan fingerprint density at radius 1 is 1.06 bits per heavy atom. The van der Waals surface area contributed by atoms with Crippen molar-refractivity contribution < 1.29 is 23.5 Å². The van der Waals surface area contributed by atoms with E-state index in [0.717, 1.165) is 16.1 Å². The normalized spacial score (nSPS) is 10.7. The first-order valence-corrected chi connectivity index (χ1v) is 10.2. The summed E-state index contributed by atoms with van der Waals surface area (Å²) in [5.41, 5.74) is 2.97. The number of nitrogens with zero attached hydrogens (tertiary/aromatic N) is 3. The monoisotopic (exact) mass is 437 g/mol. The highest BCUT2D eigenvalue weighted by Gasteiger charge is 2.17. The van der Waals surface area contributed by atoms with E-state index in [1.165, 1.54) is 11.3 Å². The van der Waals surface area contributed by atoms with Crippen LogP contribution in [0.2, 0.25) is 0 Å². The van der Waals surface area contributed by atoms with Crippen molar-refractivity contribution in [3.8, 4) is 33.5 Å². The van der Waals surface area contributed by atoms with Gasteiger partial charge in [-0.05, 0) is 19.1 Å². The number of methoxy groups -OCH3 is 2. The lowest BCUT2D eigenvalue weighted by molar-refractivity contribution is 0.0424. The van der Waals surface area contributed by atoms with Gasteiger partial charge >= 0.3 is 5.97 Å². The molecule has 0 saturated carbocycles. The molecule has 31 heavy (non-hydrogen) atoms. The number of thiazole rings is 1. The molecule has 0 N–H and O–H groups in total. The molecular formula is C22H19N3O5S. The van der Waals surface area contributed by atoms with E-state index >= 15 is 0 Å². The average molecular weight is 437 g/mol. The van der Waals surface area contributed by atoms with Crippen molar-refractivity contribution >= 4 is 17.3 Å². The van der Waals surface area contributed by atoms with Gasteiger partial charge in [-0.1, -0.05) is 35.0 Å². The topological polar surface area (TPSA) is 96.6 Å². The maximum absolute atomic E-state index is 12.4. The first-order chi connectivity index (χ1) is 15.1. The number of rotatable bonds is 7. The molecule has 4 aromatic rings. The molecule has 0 bridgehead atoms. The number of aryl methyl sites for hydroxylation is 1. The van der Waals surface area contributed by atoms with Crippen molar-refractivity contribution in [3.63, 3.8) is 0 Å². The van der Waals surface area contributed by atoms with E-state index in [4.69, 9.17) is 18.7 Å². The van der Waals surface area contributed by atoms with Gasteiger partial charge in [0.1, 0.15) is 16.5 Å². The minimum atomic E-state index is -0.559. The molecule has 4 rings (SSSR count). The van der Waals surface area contributed by atoms with Crippen LogP contribution < -0.4 is 9.47 Å². The Bertz CT molecular complexity index is 1200. The zero-order chi connectivity index (χ0) is 21.8. The fourth-order valence-electron chi connectivity index (χ4n) is 2.80. The van der Waals surface area contributed by atoms with E-state index in [9.17, 15) is 4.79 Å². The first-order valence-electron chi connectivity index (χ1n) is 9.32. The van der Waals surface area contributed by atoms with Crippen LogP contribution in [0.15, 0.2) is 52.4 Å². The van der Waals surface area contributed by atoms with Crippen LogP contribution in [-0.4, -0.2) is 35.3 Å². The highest BCUT2D eigenvalue weighted by molar-refractivity contribution is 7.13. The zero-order valence-electron chi connectivity index (χ0n) is 17.1. The molecule has 0 aliphatic rings. The fraction of sp³-hybridized carbons (Fsp3) is 0.182. The molecule has 0 radical (unpaired) electrons. The van der Waals surface area contributed by atoms with Crippen LogP contribution in [0.5, 0.6) is 11.5 Å². The average Bonchev–Trinajstić information content (AvgIpc) is 3.48. The Morgan fingerprint density at radius 2 is 1.87 bits per heavy atom. The van der Waals surface area contributed by atoms with E-state index in [0.29, 0.717) is 22.9 Å². The standard InChI is InChI=1S/C22H19N3O5S/c1-13-4-6-14(7-5-13)21-23-17(12-31-21)22(26)29-11-19-24-20(25-30-19)16-9-8-15(27-2)10-18(16)28-3/h4-10,12H,11H2,1-3H3. The third-order valence-electron chi connectivity index (χ3n) is 4.46. The molecule has 0 spiro atoms. The van der Waals surface area contributed by atoms with E-state index in [-0.39, 0.29) is 18.2 Å². The largest absolute Gasteiger partial charge is 0.497 e. The second-order valence-corrected chi connectivity index (χ2v) is 7.42. The van der Waals surface area contributed by atoms with Crippen LogP contribution in [0.4, 0.5) is 0 Å². The molecule has 0 saturated heterocycles. The van der Waals surface area contributed by atoms with Gasteiger partial charge in [0.05, 0.1) is 19.8 Å². The maximum Gasteiger partial charge on any atom is 0.358 e. The van der Waals surface area contributed by atoms with Crippen molar-refractivity contribution in [1.82, 2.24) is 15.1 Å². The van der Waals surface area contributed by atoms with Gasteiger partial charge in [-0.15, -0.1) is 11.3 Å². The molecule has 2 heterocycles. The number of aromatic nitrogens is 3. The van der Waals surface area contributed by atoms with Gasteiger partial charge in [-0.3, -0.25) is 0 Å². The second kappa shape index (κ2) is 8.97. The fourth-order valence-corrected chi connectivity index (χ4v) is 3.60. The Kier molecular flexibility index (Phi) is 5.94. The summed E-state index contributed by atoms with van der Waals surface area (Å²) >= 11 is 1.38. The molecular weight excluding hydrogens is 418 g/mol. The van der Waals surface area contributed by atoms with Gasteiger partial charge in [0, 0.05) is 17.0 Å².